The van der Waals surface area contributed by atoms with E-state index in [4.69, 9.17) is 9.47 Å². The van der Waals surface area contributed by atoms with Crippen LogP contribution in [0.2, 0.25) is 0 Å². The first-order valence-corrected chi connectivity index (χ1v) is 10.1. The maximum Gasteiger partial charge on any atom is 0.347 e. The summed E-state index contributed by atoms with van der Waals surface area (Å²) < 4.78 is 13.7. The Hall–Kier alpha value is -3.53. The molecule has 0 aliphatic rings. The van der Waals surface area contributed by atoms with E-state index in [9.17, 15) is 4.79 Å². The van der Waals surface area contributed by atoms with E-state index in [1.807, 2.05) is 60.7 Å². The van der Waals surface area contributed by atoms with E-state index < -0.39 is 6.10 Å². The third kappa shape index (κ3) is 4.38. The highest BCUT2D eigenvalue weighted by molar-refractivity contribution is 5.88. The maximum atomic E-state index is 12.4. The Bertz CT molecular complexity index is 1130. The summed E-state index contributed by atoms with van der Waals surface area (Å²) in [5.41, 5.74) is 4.42. The van der Waals surface area contributed by atoms with Crippen molar-refractivity contribution in [3.05, 3.63) is 102 Å². The first kappa shape index (κ1) is 19.8. The quantitative estimate of drug-likeness (QED) is 0.385. The van der Waals surface area contributed by atoms with E-state index in [1.54, 1.807) is 6.92 Å². The Balaban J connectivity index is 1.50. The van der Waals surface area contributed by atoms with Gasteiger partial charge in [0.05, 0.1) is 5.52 Å². The smallest absolute Gasteiger partial charge is 0.347 e. The van der Waals surface area contributed by atoms with Crippen molar-refractivity contribution in [1.29, 1.82) is 0 Å². The van der Waals surface area contributed by atoms with Gasteiger partial charge in [-0.3, -0.25) is 0 Å². The lowest BCUT2D eigenvalue weighted by molar-refractivity contribution is -0.152. The van der Waals surface area contributed by atoms with Crippen LogP contribution in [0.25, 0.3) is 10.9 Å². The molecule has 0 bridgehead atoms. The predicted molar refractivity (Wildman–Crippen MR) is 119 cm³/mol. The molecule has 0 spiro atoms. The zero-order chi connectivity index (χ0) is 20.9. The van der Waals surface area contributed by atoms with Crippen molar-refractivity contribution in [2.45, 2.75) is 33.1 Å². The van der Waals surface area contributed by atoms with Gasteiger partial charge in [-0.25, -0.2) is 4.79 Å². The van der Waals surface area contributed by atoms with Gasteiger partial charge in [-0.05, 0) is 43.2 Å². The van der Waals surface area contributed by atoms with E-state index >= 15 is 0 Å². The summed E-state index contributed by atoms with van der Waals surface area (Å²) in [6.45, 7) is 4.84. The Morgan fingerprint density at radius 2 is 1.57 bits per heavy atom. The van der Waals surface area contributed by atoms with Crippen molar-refractivity contribution < 1.29 is 14.3 Å². The first-order valence-electron chi connectivity index (χ1n) is 10.1. The molecule has 0 radical (unpaired) electrons. The standard InChI is InChI=1S/C26H25NO3/c1-19-16-23-24(27(19)17-21-10-5-3-6-11-21)14-9-15-25(23)30-20(2)26(28)29-18-22-12-7-4-8-13-22/h3-16,20H,17-18H2,1-2H3/t20-/m0/s1. The Morgan fingerprint density at radius 3 is 2.27 bits per heavy atom. The highest BCUT2D eigenvalue weighted by Gasteiger charge is 2.19. The normalized spacial score (nSPS) is 11.9. The fourth-order valence-electron chi connectivity index (χ4n) is 3.55. The second-order valence-corrected chi connectivity index (χ2v) is 7.40. The molecular formula is C26H25NO3. The number of nitrogens with zero attached hydrogens (tertiary/aromatic N) is 1. The molecule has 0 aliphatic carbocycles. The fourth-order valence-corrected chi connectivity index (χ4v) is 3.55. The van der Waals surface area contributed by atoms with Crippen LogP contribution in [-0.2, 0) is 22.7 Å². The molecule has 0 amide bonds. The molecule has 1 atom stereocenters. The number of rotatable bonds is 7. The monoisotopic (exact) mass is 399 g/mol. The highest BCUT2D eigenvalue weighted by atomic mass is 16.6. The molecule has 0 N–H and O–H groups in total. The zero-order valence-corrected chi connectivity index (χ0v) is 17.2. The largest absolute Gasteiger partial charge is 0.478 e. The third-order valence-electron chi connectivity index (χ3n) is 5.16. The SMILES string of the molecule is Cc1cc2c(O[C@@H](C)C(=O)OCc3ccccc3)cccc2n1Cc1ccccc1. The molecule has 30 heavy (non-hydrogen) atoms. The molecule has 4 aromatic rings. The van der Waals surface area contributed by atoms with E-state index in [0.29, 0.717) is 5.75 Å². The van der Waals surface area contributed by atoms with E-state index in [0.717, 1.165) is 28.7 Å². The first-order chi connectivity index (χ1) is 14.6. The van der Waals surface area contributed by atoms with Crippen LogP contribution < -0.4 is 4.74 Å². The van der Waals surface area contributed by atoms with Gasteiger partial charge in [0.1, 0.15) is 12.4 Å². The minimum Gasteiger partial charge on any atom is -0.478 e. The topological polar surface area (TPSA) is 40.5 Å². The van der Waals surface area contributed by atoms with Gasteiger partial charge in [0.2, 0.25) is 0 Å². The average Bonchev–Trinajstić information content (AvgIpc) is 3.09. The third-order valence-corrected chi connectivity index (χ3v) is 5.16. The van der Waals surface area contributed by atoms with Crippen LogP contribution in [-0.4, -0.2) is 16.6 Å². The van der Waals surface area contributed by atoms with Gasteiger partial charge < -0.3 is 14.0 Å². The van der Waals surface area contributed by atoms with Crippen LogP contribution in [0.4, 0.5) is 0 Å². The number of carbonyl (C=O) groups excluding carboxylic acids is 1. The molecule has 152 valence electrons. The van der Waals surface area contributed by atoms with Gasteiger partial charge in [0.25, 0.3) is 0 Å². The molecule has 0 fully saturated rings. The number of benzene rings is 3. The molecule has 4 heteroatoms. The summed E-state index contributed by atoms with van der Waals surface area (Å²) in [6.07, 6.45) is -0.697. The van der Waals surface area contributed by atoms with Gasteiger partial charge in [-0.2, -0.15) is 0 Å². The molecule has 4 rings (SSSR count). The second kappa shape index (κ2) is 8.87. The van der Waals surface area contributed by atoms with Crippen molar-refractivity contribution in [2.24, 2.45) is 0 Å². The van der Waals surface area contributed by atoms with Crippen LogP contribution in [0, 0.1) is 6.92 Å². The summed E-state index contributed by atoms with van der Waals surface area (Å²) in [5, 5.41) is 0.994. The number of carbonyl (C=O) groups is 1. The van der Waals surface area contributed by atoms with Gasteiger partial charge in [0, 0.05) is 17.6 Å². The predicted octanol–water partition coefficient (Wildman–Crippen LogP) is 5.51. The summed E-state index contributed by atoms with van der Waals surface area (Å²) >= 11 is 0. The lowest BCUT2D eigenvalue weighted by Crippen LogP contribution is -2.26. The number of hydrogen-bond donors (Lipinski definition) is 0. The molecule has 0 saturated heterocycles. The van der Waals surface area contributed by atoms with E-state index in [1.165, 1.54) is 5.56 Å². The molecule has 1 heterocycles. The fraction of sp³-hybridized carbons (Fsp3) is 0.192. The van der Waals surface area contributed by atoms with Crippen molar-refractivity contribution in [1.82, 2.24) is 4.57 Å². The van der Waals surface area contributed by atoms with Crippen LogP contribution in [0.3, 0.4) is 0 Å². The van der Waals surface area contributed by atoms with Crippen molar-refractivity contribution >= 4 is 16.9 Å². The van der Waals surface area contributed by atoms with Gasteiger partial charge in [-0.1, -0.05) is 66.7 Å². The van der Waals surface area contributed by atoms with Gasteiger partial charge in [0.15, 0.2) is 6.10 Å². The molecule has 4 nitrogen and oxygen atoms in total. The molecule has 0 unspecified atom stereocenters. The summed E-state index contributed by atoms with van der Waals surface area (Å²) in [5.74, 6) is 0.308. The van der Waals surface area contributed by atoms with Crippen LogP contribution in [0.5, 0.6) is 5.75 Å². The lowest BCUT2D eigenvalue weighted by atomic mass is 10.2. The molecule has 3 aromatic carbocycles. The molecule has 0 saturated carbocycles. The Kier molecular flexibility index (Phi) is 5.84. The van der Waals surface area contributed by atoms with Crippen molar-refractivity contribution in [2.75, 3.05) is 0 Å². The summed E-state index contributed by atoms with van der Waals surface area (Å²) in [7, 11) is 0. The number of hydrogen-bond acceptors (Lipinski definition) is 3. The molecule has 1 aromatic heterocycles. The van der Waals surface area contributed by atoms with Crippen LogP contribution in [0.1, 0.15) is 23.7 Å². The highest BCUT2D eigenvalue weighted by Crippen LogP contribution is 2.30. The van der Waals surface area contributed by atoms with Crippen LogP contribution >= 0.6 is 0 Å². The van der Waals surface area contributed by atoms with Gasteiger partial charge >= 0.3 is 5.97 Å². The Morgan fingerprint density at radius 1 is 0.900 bits per heavy atom. The summed E-state index contributed by atoms with van der Waals surface area (Å²) in [4.78, 5) is 12.4. The van der Waals surface area contributed by atoms with E-state index in [-0.39, 0.29) is 12.6 Å². The number of fused-ring (bicyclic) bond motifs is 1. The van der Waals surface area contributed by atoms with Crippen molar-refractivity contribution in [3.63, 3.8) is 0 Å². The average molecular weight is 399 g/mol. The van der Waals surface area contributed by atoms with Crippen molar-refractivity contribution in [3.8, 4) is 5.75 Å². The minimum absolute atomic E-state index is 0.240. The number of aromatic nitrogens is 1. The van der Waals surface area contributed by atoms with Crippen LogP contribution in [0.15, 0.2) is 84.9 Å². The number of aryl methyl sites for hydroxylation is 1. The lowest BCUT2D eigenvalue weighted by Gasteiger charge is -2.15. The minimum atomic E-state index is -0.697. The molecular weight excluding hydrogens is 374 g/mol. The number of ether oxygens (including phenoxy) is 2. The van der Waals surface area contributed by atoms with E-state index in [2.05, 4.69) is 35.8 Å². The van der Waals surface area contributed by atoms with Gasteiger partial charge in [-0.15, -0.1) is 0 Å². The number of esters is 1. The Labute approximate surface area is 176 Å². The molecule has 0 aliphatic heterocycles. The summed E-state index contributed by atoms with van der Waals surface area (Å²) in [6, 6.07) is 28.0. The maximum absolute atomic E-state index is 12.4. The second-order valence-electron chi connectivity index (χ2n) is 7.40. The zero-order valence-electron chi connectivity index (χ0n) is 17.2.